The average Bonchev–Trinajstić information content (AvgIpc) is 1.99. The van der Waals surface area contributed by atoms with Crippen molar-refractivity contribution in [2.24, 2.45) is 5.73 Å². The van der Waals surface area contributed by atoms with E-state index in [2.05, 4.69) is 0 Å². The summed E-state index contributed by atoms with van der Waals surface area (Å²) in [4.78, 5) is 0. The minimum absolute atomic E-state index is 0.262. The summed E-state index contributed by atoms with van der Waals surface area (Å²) >= 11 is 1.73. The highest BCUT2D eigenvalue weighted by Crippen LogP contribution is 2.31. The molecule has 0 aliphatic heterocycles. The predicted octanol–water partition coefficient (Wildman–Crippen LogP) is 2.99. The van der Waals surface area contributed by atoms with Crippen LogP contribution in [0.1, 0.15) is 11.6 Å². The lowest BCUT2D eigenvalue weighted by Gasteiger charge is -2.16. The molecule has 1 aromatic rings. The van der Waals surface area contributed by atoms with Crippen molar-refractivity contribution in [2.45, 2.75) is 12.2 Å². The first-order chi connectivity index (χ1) is 6.30. The molecule has 2 N–H and O–H groups in total. The van der Waals surface area contributed by atoms with Crippen molar-refractivity contribution in [1.82, 2.24) is 0 Å². The Morgan fingerprint density at radius 3 is 2.21 bits per heavy atom. The van der Waals surface area contributed by atoms with E-state index in [-0.39, 0.29) is 5.56 Å². The van der Waals surface area contributed by atoms with Gasteiger partial charge in [-0.1, -0.05) is 0 Å². The topological polar surface area (TPSA) is 26.0 Å². The normalized spacial score (nSPS) is 14.1. The van der Waals surface area contributed by atoms with E-state index in [1.807, 2.05) is 0 Å². The highest BCUT2D eigenvalue weighted by atomic mass is 127. The molecule has 0 unspecified atom stereocenters. The summed E-state index contributed by atoms with van der Waals surface area (Å²) in [6, 6.07) is 1.00. The zero-order chi connectivity index (χ0) is 10.9. The lowest BCUT2D eigenvalue weighted by molar-refractivity contribution is -0.149. The minimum atomic E-state index is -4.54. The molecular weight excluding hydrogens is 313 g/mol. The molecule has 0 spiro atoms. The maximum atomic E-state index is 12.7. The second-order valence-electron chi connectivity index (χ2n) is 2.72. The smallest absolute Gasteiger partial charge is 0.316 e. The van der Waals surface area contributed by atoms with Gasteiger partial charge in [0, 0.05) is 3.57 Å². The molecule has 0 fully saturated rings. The summed E-state index contributed by atoms with van der Waals surface area (Å²) in [5.74, 6) is -0.716. The van der Waals surface area contributed by atoms with Gasteiger partial charge in [0.1, 0.15) is 11.9 Å². The molecule has 1 nitrogen and oxygen atoms in total. The number of benzene rings is 1. The maximum Gasteiger partial charge on any atom is 0.407 e. The zero-order valence-electron chi connectivity index (χ0n) is 6.78. The van der Waals surface area contributed by atoms with Gasteiger partial charge in [-0.15, -0.1) is 0 Å². The molecule has 0 saturated heterocycles. The van der Waals surface area contributed by atoms with Gasteiger partial charge in [0.25, 0.3) is 0 Å². The summed E-state index contributed by atoms with van der Waals surface area (Å²) in [6.45, 7) is 0. The molecule has 1 atom stereocenters. The Balaban J connectivity index is 3.07. The molecule has 1 rings (SSSR count). The van der Waals surface area contributed by atoms with Gasteiger partial charge in [-0.2, -0.15) is 13.2 Å². The lowest BCUT2D eigenvalue weighted by Crippen LogP contribution is -2.28. The quantitative estimate of drug-likeness (QED) is 0.625. The van der Waals surface area contributed by atoms with Crippen molar-refractivity contribution >= 4 is 22.6 Å². The molecule has 0 aromatic heterocycles. The van der Waals surface area contributed by atoms with E-state index in [0.717, 1.165) is 12.1 Å². The van der Waals surface area contributed by atoms with E-state index in [1.54, 1.807) is 22.6 Å². The van der Waals surface area contributed by atoms with Crippen molar-refractivity contribution < 1.29 is 17.6 Å². The van der Waals surface area contributed by atoms with Crippen molar-refractivity contribution in [3.8, 4) is 0 Å². The van der Waals surface area contributed by atoms with Crippen LogP contribution in [0.25, 0.3) is 0 Å². The zero-order valence-corrected chi connectivity index (χ0v) is 8.93. The minimum Gasteiger partial charge on any atom is -0.316 e. The standard InChI is InChI=1S/C8H6F4IN/c9-5-1-4(2-6(13)3-5)7(14)8(10,11)12/h1-3,7H,14H2/t7-/m0/s1. The highest BCUT2D eigenvalue weighted by molar-refractivity contribution is 14.1. The molecule has 14 heavy (non-hydrogen) atoms. The van der Waals surface area contributed by atoms with Crippen molar-refractivity contribution in [3.05, 3.63) is 33.1 Å². The monoisotopic (exact) mass is 319 g/mol. The van der Waals surface area contributed by atoms with Gasteiger partial charge in [-0.05, 0) is 46.4 Å². The van der Waals surface area contributed by atoms with Crippen molar-refractivity contribution in [1.29, 1.82) is 0 Å². The number of nitrogens with two attached hydrogens (primary N) is 1. The van der Waals surface area contributed by atoms with E-state index in [1.165, 1.54) is 6.07 Å². The Morgan fingerprint density at radius 2 is 1.79 bits per heavy atom. The third-order valence-corrected chi connectivity index (χ3v) is 2.22. The van der Waals surface area contributed by atoms with Crippen LogP contribution < -0.4 is 5.73 Å². The summed E-state index contributed by atoms with van der Waals surface area (Å²) in [7, 11) is 0. The van der Waals surface area contributed by atoms with Crippen LogP contribution in [0.3, 0.4) is 0 Å². The molecule has 0 radical (unpaired) electrons. The third-order valence-electron chi connectivity index (χ3n) is 1.60. The van der Waals surface area contributed by atoms with Crippen LogP contribution >= 0.6 is 22.6 Å². The Morgan fingerprint density at radius 1 is 1.21 bits per heavy atom. The molecule has 0 saturated carbocycles. The second kappa shape index (κ2) is 4.01. The number of hydrogen-bond donors (Lipinski definition) is 1. The van der Waals surface area contributed by atoms with Crippen LogP contribution in [0.5, 0.6) is 0 Å². The van der Waals surface area contributed by atoms with E-state index in [0.29, 0.717) is 3.57 Å². The molecule has 6 heteroatoms. The molecule has 0 aliphatic rings. The lowest BCUT2D eigenvalue weighted by atomic mass is 10.1. The SMILES string of the molecule is N[C@@H](c1cc(F)cc(I)c1)C(F)(F)F. The number of hydrogen-bond acceptors (Lipinski definition) is 1. The summed E-state index contributed by atoms with van der Waals surface area (Å²) in [6.07, 6.45) is -4.54. The van der Waals surface area contributed by atoms with Gasteiger partial charge in [0.15, 0.2) is 0 Å². The van der Waals surface area contributed by atoms with Crippen LogP contribution in [-0.2, 0) is 0 Å². The van der Waals surface area contributed by atoms with Gasteiger partial charge in [-0.3, -0.25) is 0 Å². The molecule has 0 aliphatic carbocycles. The first-order valence-corrected chi connectivity index (χ1v) is 4.67. The first kappa shape index (κ1) is 11.7. The Labute approximate surface area is 91.4 Å². The fraction of sp³-hybridized carbons (Fsp3) is 0.250. The Kier molecular flexibility index (Phi) is 3.36. The van der Waals surface area contributed by atoms with Gasteiger partial charge in [0.05, 0.1) is 0 Å². The number of alkyl halides is 3. The third kappa shape index (κ3) is 2.81. The van der Waals surface area contributed by atoms with Gasteiger partial charge in [0.2, 0.25) is 0 Å². The van der Waals surface area contributed by atoms with Crippen LogP contribution in [0, 0.1) is 9.39 Å². The Bertz CT molecular complexity index is 316. The van der Waals surface area contributed by atoms with Crippen molar-refractivity contribution in [2.75, 3.05) is 0 Å². The van der Waals surface area contributed by atoms with Gasteiger partial charge < -0.3 is 5.73 Å². The van der Waals surface area contributed by atoms with E-state index in [4.69, 9.17) is 5.73 Å². The molecule has 1 aromatic carbocycles. The summed E-state index contributed by atoms with van der Waals surface area (Å²) in [5.41, 5.74) is 4.65. The first-order valence-electron chi connectivity index (χ1n) is 3.59. The van der Waals surface area contributed by atoms with Gasteiger partial charge >= 0.3 is 6.18 Å². The van der Waals surface area contributed by atoms with E-state index >= 15 is 0 Å². The van der Waals surface area contributed by atoms with E-state index in [9.17, 15) is 17.6 Å². The van der Waals surface area contributed by atoms with E-state index < -0.39 is 18.0 Å². The second-order valence-corrected chi connectivity index (χ2v) is 3.97. The van der Waals surface area contributed by atoms with Gasteiger partial charge in [-0.25, -0.2) is 4.39 Å². The van der Waals surface area contributed by atoms with Crippen LogP contribution in [0.4, 0.5) is 17.6 Å². The summed E-state index contributed by atoms with van der Waals surface area (Å²) < 4.78 is 49.6. The molecule has 0 heterocycles. The largest absolute Gasteiger partial charge is 0.407 e. The Hall–Kier alpha value is -0.370. The maximum absolute atomic E-state index is 12.7. The predicted molar refractivity (Wildman–Crippen MR) is 52.1 cm³/mol. The summed E-state index contributed by atoms with van der Waals surface area (Å²) in [5, 5.41) is 0. The van der Waals surface area contributed by atoms with Crippen LogP contribution in [0.15, 0.2) is 18.2 Å². The van der Waals surface area contributed by atoms with Crippen molar-refractivity contribution in [3.63, 3.8) is 0 Å². The number of halogens is 5. The fourth-order valence-corrected chi connectivity index (χ4v) is 1.60. The average molecular weight is 319 g/mol. The fourth-order valence-electron chi connectivity index (χ4n) is 0.944. The number of rotatable bonds is 1. The molecule has 0 bridgehead atoms. The highest BCUT2D eigenvalue weighted by Gasteiger charge is 2.38. The molecular formula is C8H6F4IN. The van der Waals surface area contributed by atoms with Crippen LogP contribution in [0.2, 0.25) is 0 Å². The molecule has 78 valence electrons. The molecule has 0 amide bonds. The van der Waals surface area contributed by atoms with Crippen LogP contribution in [-0.4, -0.2) is 6.18 Å².